The van der Waals surface area contributed by atoms with Crippen molar-refractivity contribution < 1.29 is 14.2 Å². The zero-order chi connectivity index (χ0) is 14.9. The van der Waals surface area contributed by atoms with Crippen LogP contribution in [0.3, 0.4) is 0 Å². The number of ether oxygens (including phenoxy) is 3. The molecule has 0 unspecified atom stereocenters. The predicted octanol–water partition coefficient (Wildman–Crippen LogP) is 2.60. The maximum atomic E-state index is 5.97. The highest BCUT2D eigenvalue weighted by Gasteiger charge is 2.43. The smallest absolute Gasteiger partial charge is 0.303 e. The van der Waals surface area contributed by atoms with Crippen LogP contribution in [0, 0.1) is 0 Å². The molecule has 1 aliphatic heterocycles. The lowest BCUT2D eigenvalue weighted by Crippen LogP contribution is -2.27. The molecule has 0 aromatic heterocycles. The van der Waals surface area contributed by atoms with E-state index in [4.69, 9.17) is 19.9 Å². The van der Waals surface area contributed by atoms with Gasteiger partial charge in [0.1, 0.15) is 17.3 Å². The summed E-state index contributed by atoms with van der Waals surface area (Å²) in [6, 6.07) is 15.1. The van der Waals surface area contributed by atoms with Gasteiger partial charge in [0.2, 0.25) is 0 Å². The van der Waals surface area contributed by atoms with Gasteiger partial charge in [-0.25, -0.2) is 4.99 Å². The largest absolute Gasteiger partial charge is 0.457 e. The van der Waals surface area contributed by atoms with Crippen molar-refractivity contribution in [3.8, 4) is 11.5 Å². The van der Waals surface area contributed by atoms with Gasteiger partial charge in [-0.1, -0.05) is 30.3 Å². The van der Waals surface area contributed by atoms with Gasteiger partial charge in [-0.2, -0.15) is 0 Å². The van der Waals surface area contributed by atoms with Crippen LogP contribution >= 0.6 is 0 Å². The van der Waals surface area contributed by atoms with E-state index in [0.717, 1.165) is 11.3 Å². The number of amidine groups is 1. The summed E-state index contributed by atoms with van der Waals surface area (Å²) in [5.41, 5.74) is 7.40. The monoisotopic (exact) mass is 284 g/mol. The van der Waals surface area contributed by atoms with Crippen molar-refractivity contribution >= 4 is 5.84 Å². The lowest BCUT2D eigenvalue weighted by atomic mass is 10.1. The molecule has 0 saturated carbocycles. The van der Waals surface area contributed by atoms with E-state index < -0.39 is 5.91 Å². The van der Waals surface area contributed by atoms with Crippen molar-refractivity contribution in [1.29, 1.82) is 0 Å². The van der Waals surface area contributed by atoms with Gasteiger partial charge in [0.05, 0.1) is 5.56 Å². The summed E-state index contributed by atoms with van der Waals surface area (Å²) in [6.45, 7) is 0. The van der Waals surface area contributed by atoms with Crippen molar-refractivity contribution in [3.63, 3.8) is 0 Å². The molecule has 5 nitrogen and oxygen atoms in total. The van der Waals surface area contributed by atoms with Crippen LogP contribution in [0.2, 0.25) is 0 Å². The minimum atomic E-state index is -1.26. The molecule has 0 saturated heterocycles. The van der Waals surface area contributed by atoms with Crippen LogP contribution in [0.5, 0.6) is 11.5 Å². The molecule has 0 bridgehead atoms. The van der Waals surface area contributed by atoms with Gasteiger partial charge in [0.25, 0.3) is 0 Å². The maximum absolute atomic E-state index is 5.97. The number of methoxy groups -OCH3 is 2. The standard InChI is InChI=1S/C16H16N2O3/c1-19-16(20-2)14-12(15(17)18-16)9-6-10-13(14)21-11-7-4-3-5-8-11/h3-10H,1-2H3,(H2,17,18). The molecule has 1 heterocycles. The van der Waals surface area contributed by atoms with Gasteiger partial charge in [0, 0.05) is 19.8 Å². The predicted molar refractivity (Wildman–Crippen MR) is 79.4 cm³/mol. The number of nitrogens with two attached hydrogens (primary N) is 1. The maximum Gasteiger partial charge on any atom is 0.303 e. The first-order chi connectivity index (χ1) is 10.2. The second-order valence-corrected chi connectivity index (χ2v) is 4.58. The Balaban J connectivity index is 2.10. The van der Waals surface area contributed by atoms with Crippen LogP contribution in [0.1, 0.15) is 11.1 Å². The summed E-state index contributed by atoms with van der Waals surface area (Å²) in [5, 5.41) is 0. The first kappa shape index (κ1) is 13.6. The van der Waals surface area contributed by atoms with Gasteiger partial charge >= 0.3 is 5.91 Å². The summed E-state index contributed by atoms with van der Waals surface area (Å²) in [6.07, 6.45) is 0. The zero-order valence-corrected chi connectivity index (χ0v) is 11.9. The fourth-order valence-electron chi connectivity index (χ4n) is 2.42. The number of para-hydroxylation sites is 1. The van der Waals surface area contributed by atoms with Gasteiger partial charge in [-0.05, 0) is 18.2 Å². The molecule has 0 amide bonds. The van der Waals surface area contributed by atoms with Crippen molar-refractivity contribution in [2.24, 2.45) is 10.7 Å². The van der Waals surface area contributed by atoms with Crippen LogP contribution < -0.4 is 10.5 Å². The summed E-state index contributed by atoms with van der Waals surface area (Å²) < 4.78 is 16.8. The second kappa shape index (κ2) is 5.20. The molecule has 2 N–H and O–H groups in total. The number of benzene rings is 2. The van der Waals surface area contributed by atoms with Crippen molar-refractivity contribution in [2.45, 2.75) is 5.91 Å². The molecule has 3 rings (SSSR count). The van der Waals surface area contributed by atoms with Crippen LogP contribution in [0.4, 0.5) is 0 Å². The van der Waals surface area contributed by atoms with E-state index in [9.17, 15) is 0 Å². The van der Waals surface area contributed by atoms with Gasteiger partial charge in [-0.3, -0.25) is 0 Å². The van der Waals surface area contributed by atoms with E-state index in [-0.39, 0.29) is 0 Å². The summed E-state index contributed by atoms with van der Waals surface area (Å²) in [4.78, 5) is 4.30. The number of hydrogen-bond donors (Lipinski definition) is 1. The van der Waals surface area contributed by atoms with Crippen LogP contribution in [0.15, 0.2) is 53.5 Å². The molecule has 21 heavy (non-hydrogen) atoms. The molecular formula is C16H16N2O3. The van der Waals surface area contributed by atoms with Crippen molar-refractivity contribution in [2.75, 3.05) is 14.2 Å². The van der Waals surface area contributed by atoms with E-state index in [1.807, 2.05) is 48.5 Å². The Bertz CT molecular complexity index is 679. The minimum Gasteiger partial charge on any atom is -0.457 e. The van der Waals surface area contributed by atoms with E-state index in [1.165, 1.54) is 14.2 Å². The lowest BCUT2D eigenvalue weighted by molar-refractivity contribution is -0.207. The number of aliphatic imine (C=N–C) groups is 1. The summed E-state index contributed by atoms with van der Waals surface area (Å²) in [7, 11) is 3.04. The average Bonchev–Trinajstić information content (AvgIpc) is 2.83. The van der Waals surface area contributed by atoms with Gasteiger partial charge < -0.3 is 19.9 Å². The molecule has 0 atom stereocenters. The average molecular weight is 284 g/mol. The third-order valence-corrected chi connectivity index (χ3v) is 3.41. The molecule has 0 radical (unpaired) electrons. The molecule has 0 spiro atoms. The third kappa shape index (κ3) is 2.16. The molecule has 5 heteroatoms. The highest BCUT2D eigenvalue weighted by atomic mass is 16.7. The SMILES string of the molecule is COC1(OC)N=C(N)c2cccc(Oc3ccccc3)c21. The highest BCUT2D eigenvalue weighted by molar-refractivity contribution is 6.02. The van der Waals surface area contributed by atoms with Crippen LogP contribution in [-0.2, 0) is 15.4 Å². The van der Waals surface area contributed by atoms with E-state index in [0.29, 0.717) is 17.1 Å². The molecular weight excluding hydrogens is 268 g/mol. The fourth-order valence-corrected chi connectivity index (χ4v) is 2.42. The topological polar surface area (TPSA) is 66.1 Å². The van der Waals surface area contributed by atoms with E-state index >= 15 is 0 Å². The minimum absolute atomic E-state index is 0.368. The Morgan fingerprint density at radius 2 is 1.67 bits per heavy atom. The van der Waals surface area contributed by atoms with Crippen LogP contribution in [0.25, 0.3) is 0 Å². The number of hydrogen-bond acceptors (Lipinski definition) is 5. The van der Waals surface area contributed by atoms with Gasteiger partial charge in [-0.15, -0.1) is 0 Å². The molecule has 2 aromatic carbocycles. The normalized spacial score (nSPS) is 15.4. The van der Waals surface area contributed by atoms with Gasteiger partial charge in [0.15, 0.2) is 0 Å². The quantitative estimate of drug-likeness (QED) is 0.876. The Morgan fingerprint density at radius 1 is 0.952 bits per heavy atom. The first-order valence-corrected chi connectivity index (χ1v) is 6.52. The third-order valence-electron chi connectivity index (χ3n) is 3.41. The molecule has 2 aromatic rings. The molecule has 108 valence electrons. The summed E-state index contributed by atoms with van der Waals surface area (Å²) >= 11 is 0. The Labute approximate surface area is 123 Å². The Hall–Kier alpha value is -2.37. The molecule has 0 aliphatic carbocycles. The van der Waals surface area contributed by atoms with E-state index in [2.05, 4.69) is 4.99 Å². The highest BCUT2D eigenvalue weighted by Crippen LogP contribution is 2.43. The second-order valence-electron chi connectivity index (χ2n) is 4.58. The first-order valence-electron chi connectivity index (χ1n) is 6.52. The molecule has 0 fully saturated rings. The molecule has 1 aliphatic rings. The van der Waals surface area contributed by atoms with Crippen molar-refractivity contribution in [1.82, 2.24) is 0 Å². The Kier molecular flexibility index (Phi) is 3.37. The van der Waals surface area contributed by atoms with Crippen LogP contribution in [-0.4, -0.2) is 20.1 Å². The number of fused-ring (bicyclic) bond motifs is 1. The van der Waals surface area contributed by atoms with Crippen molar-refractivity contribution in [3.05, 3.63) is 59.7 Å². The summed E-state index contributed by atoms with van der Waals surface area (Å²) in [5.74, 6) is 0.432. The fraction of sp³-hybridized carbons (Fsp3) is 0.188. The zero-order valence-electron chi connectivity index (χ0n) is 11.9. The number of nitrogens with zero attached hydrogens (tertiary/aromatic N) is 1. The Morgan fingerprint density at radius 3 is 2.33 bits per heavy atom. The van der Waals surface area contributed by atoms with E-state index in [1.54, 1.807) is 0 Å². The number of rotatable bonds is 4. The lowest BCUT2D eigenvalue weighted by Gasteiger charge is -2.25.